The third-order valence-electron chi connectivity index (χ3n) is 6.33. The van der Waals surface area contributed by atoms with E-state index in [0.717, 1.165) is 18.5 Å². The van der Waals surface area contributed by atoms with Gasteiger partial charge >= 0.3 is 5.76 Å². The van der Waals surface area contributed by atoms with E-state index in [4.69, 9.17) is 4.42 Å². The molecular formula is C24H30N2O2. The highest BCUT2D eigenvalue weighted by Crippen LogP contribution is 2.35. The van der Waals surface area contributed by atoms with E-state index in [9.17, 15) is 4.79 Å². The van der Waals surface area contributed by atoms with Crippen molar-refractivity contribution in [3.8, 4) is 0 Å². The van der Waals surface area contributed by atoms with Crippen LogP contribution in [0.15, 0.2) is 51.7 Å². The quantitative estimate of drug-likeness (QED) is 0.655. The molecule has 0 aliphatic heterocycles. The summed E-state index contributed by atoms with van der Waals surface area (Å²) in [4.78, 5) is 16.6. The monoisotopic (exact) mass is 378 g/mol. The van der Waals surface area contributed by atoms with Gasteiger partial charge in [0.1, 0.15) is 0 Å². The van der Waals surface area contributed by atoms with E-state index in [1.807, 2.05) is 12.1 Å². The maximum Gasteiger partial charge on any atom is 0.417 e. The van der Waals surface area contributed by atoms with Gasteiger partial charge in [0, 0.05) is 6.04 Å². The molecular weight excluding hydrogens is 348 g/mol. The van der Waals surface area contributed by atoms with Crippen LogP contribution in [0.4, 0.5) is 0 Å². The van der Waals surface area contributed by atoms with Crippen molar-refractivity contribution >= 4 is 11.1 Å². The summed E-state index contributed by atoms with van der Waals surface area (Å²) in [6, 6.07) is 15.8. The summed E-state index contributed by atoms with van der Waals surface area (Å²) in [7, 11) is 2.28. The molecule has 4 rings (SSSR count). The molecule has 0 amide bonds. The first-order valence-corrected chi connectivity index (χ1v) is 10.5. The van der Waals surface area contributed by atoms with Gasteiger partial charge in [-0.25, -0.2) is 4.79 Å². The average Bonchev–Trinajstić information content (AvgIpc) is 3.08. The molecule has 1 N–H and O–H groups in total. The molecule has 1 aliphatic rings. The molecule has 1 saturated carbocycles. The SMILES string of the molecule is Cc1ccc(CCCN(C)C2CCC(c3ccc4[nH]c(=O)oc4c3)CC2)cc1. The van der Waals surface area contributed by atoms with Crippen molar-refractivity contribution < 1.29 is 4.42 Å². The number of aryl methyl sites for hydroxylation is 2. The molecule has 0 radical (unpaired) electrons. The van der Waals surface area contributed by atoms with Gasteiger partial charge in [0.05, 0.1) is 5.52 Å². The smallest absolute Gasteiger partial charge is 0.408 e. The van der Waals surface area contributed by atoms with Gasteiger partial charge in [0.2, 0.25) is 0 Å². The first kappa shape index (κ1) is 19.0. The first-order chi connectivity index (χ1) is 13.6. The lowest BCUT2D eigenvalue weighted by Crippen LogP contribution is -2.35. The molecule has 4 heteroatoms. The van der Waals surface area contributed by atoms with Crippen molar-refractivity contribution in [3.05, 3.63) is 69.7 Å². The van der Waals surface area contributed by atoms with Crippen molar-refractivity contribution in [1.82, 2.24) is 9.88 Å². The van der Waals surface area contributed by atoms with E-state index in [2.05, 4.69) is 54.2 Å². The number of fused-ring (bicyclic) bond motifs is 1. The maximum absolute atomic E-state index is 11.4. The first-order valence-electron chi connectivity index (χ1n) is 10.5. The van der Waals surface area contributed by atoms with Crippen molar-refractivity contribution in [2.45, 2.75) is 57.4 Å². The number of aromatic nitrogens is 1. The Balaban J connectivity index is 1.26. The summed E-state index contributed by atoms with van der Waals surface area (Å²) in [5, 5.41) is 0. The second kappa shape index (κ2) is 8.36. The van der Waals surface area contributed by atoms with E-state index in [-0.39, 0.29) is 5.76 Å². The number of benzene rings is 2. The van der Waals surface area contributed by atoms with Gasteiger partial charge in [0.25, 0.3) is 0 Å². The molecule has 0 unspecified atom stereocenters. The summed E-state index contributed by atoms with van der Waals surface area (Å²) in [6.07, 6.45) is 7.24. The van der Waals surface area contributed by atoms with Gasteiger partial charge in [-0.1, -0.05) is 35.9 Å². The normalized spacial score (nSPS) is 20.1. The van der Waals surface area contributed by atoms with Crippen LogP contribution in [-0.4, -0.2) is 29.5 Å². The maximum atomic E-state index is 11.4. The Bertz CT molecular complexity index is 962. The fraction of sp³-hybridized carbons (Fsp3) is 0.458. The molecule has 0 saturated heterocycles. The summed E-state index contributed by atoms with van der Waals surface area (Å²) >= 11 is 0. The highest BCUT2D eigenvalue weighted by Gasteiger charge is 2.25. The molecule has 148 valence electrons. The molecule has 3 aromatic rings. The van der Waals surface area contributed by atoms with Gasteiger partial charge in [-0.15, -0.1) is 0 Å². The van der Waals surface area contributed by atoms with Crippen LogP contribution >= 0.6 is 0 Å². The highest BCUT2D eigenvalue weighted by atomic mass is 16.4. The summed E-state index contributed by atoms with van der Waals surface area (Å²) < 4.78 is 5.23. The fourth-order valence-corrected chi connectivity index (χ4v) is 4.54. The number of nitrogens with zero attached hydrogens (tertiary/aromatic N) is 1. The van der Waals surface area contributed by atoms with Crippen LogP contribution in [0.25, 0.3) is 11.1 Å². The van der Waals surface area contributed by atoms with Gasteiger partial charge in [-0.2, -0.15) is 0 Å². The average molecular weight is 379 g/mol. The third-order valence-corrected chi connectivity index (χ3v) is 6.33. The standard InChI is InChI=1S/C24H30N2O2/c1-17-5-7-18(8-6-17)4-3-15-26(2)21-12-9-19(10-13-21)20-11-14-22-23(16-20)28-24(27)25-22/h5-8,11,14,16,19,21H,3-4,9-10,12-13,15H2,1-2H3,(H,25,27). The zero-order chi connectivity index (χ0) is 19.5. The van der Waals surface area contributed by atoms with Crippen LogP contribution in [0.2, 0.25) is 0 Å². The van der Waals surface area contributed by atoms with Crippen LogP contribution in [0.3, 0.4) is 0 Å². The van der Waals surface area contributed by atoms with Gasteiger partial charge in [-0.05, 0) is 88.2 Å². The Kier molecular flexibility index (Phi) is 5.67. The molecule has 1 fully saturated rings. The van der Waals surface area contributed by atoms with Crippen molar-refractivity contribution in [3.63, 3.8) is 0 Å². The lowest BCUT2D eigenvalue weighted by atomic mass is 9.81. The Morgan fingerprint density at radius 1 is 1.07 bits per heavy atom. The number of hydrogen-bond acceptors (Lipinski definition) is 3. The molecule has 1 heterocycles. The Morgan fingerprint density at radius 2 is 1.82 bits per heavy atom. The molecule has 0 spiro atoms. The minimum Gasteiger partial charge on any atom is -0.408 e. The molecule has 4 nitrogen and oxygen atoms in total. The number of rotatable bonds is 6. The summed E-state index contributed by atoms with van der Waals surface area (Å²) in [6.45, 7) is 3.30. The fourth-order valence-electron chi connectivity index (χ4n) is 4.54. The molecule has 0 bridgehead atoms. The molecule has 2 aromatic carbocycles. The van der Waals surface area contributed by atoms with Crippen LogP contribution < -0.4 is 5.76 Å². The Morgan fingerprint density at radius 3 is 2.57 bits per heavy atom. The predicted molar refractivity (Wildman–Crippen MR) is 114 cm³/mol. The topological polar surface area (TPSA) is 49.2 Å². The number of aromatic amines is 1. The van der Waals surface area contributed by atoms with Gasteiger partial charge in [0.15, 0.2) is 5.58 Å². The summed E-state index contributed by atoms with van der Waals surface area (Å²) in [5.74, 6) is 0.199. The lowest BCUT2D eigenvalue weighted by Gasteiger charge is -2.35. The van der Waals surface area contributed by atoms with E-state index >= 15 is 0 Å². The largest absolute Gasteiger partial charge is 0.417 e. The second-order valence-corrected chi connectivity index (χ2v) is 8.35. The molecule has 0 atom stereocenters. The van der Waals surface area contributed by atoms with Crippen LogP contribution in [0, 0.1) is 6.92 Å². The van der Waals surface area contributed by atoms with E-state index in [1.165, 1.54) is 48.8 Å². The number of nitrogens with one attached hydrogen (secondary N) is 1. The highest BCUT2D eigenvalue weighted by molar-refractivity contribution is 5.72. The predicted octanol–water partition coefficient (Wildman–Crippen LogP) is 5.02. The number of oxazole rings is 1. The van der Waals surface area contributed by atoms with Gasteiger partial charge < -0.3 is 9.32 Å². The zero-order valence-electron chi connectivity index (χ0n) is 16.9. The summed E-state index contributed by atoms with van der Waals surface area (Å²) in [5.41, 5.74) is 5.54. The lowest BCUT2D eigenvalue weighted by molar-refractivity contribution is 0.181. The van der Waals surface area contributed by atoms with E-state index in [1.54, 1.807) is 0 Å². The minimum absolute atomic E-state index is 0.372. The molecule has 1 aromatic heterocycles. The Hall–Kier alpha value is -2.33. The molecule has 28 heavy (non-hydrogen) atoms. The van der Waals surface area contributed by atoms with Crippen LogP contribution in [-0.2, 0) is 6.42 Å². The Labute approximate surface area is 166 Å². The van der Waals surface area contributed by atoms with Crippen molar-refractivity contribution in [1.29, 1.82) is 0 Å². The van der Waals surface area contributed by atoms with E-state index in [0.29, 0.717) is 17.5 Å². The zero-order valence-corrected chi connectivity index (χ0v) is 16.9. The second-order valence-electron chi connectivity index (χ2n) is 8.35. The van der Waals surface area contributed by atoms with Crippen molar-refractivity contribution in [2.24, 2.45) is 0 Å². The van der Waals surface area contributed by atoms with Gasteiger partial charge in [-0.3, -0.25) is 4.98 Å². The van der Waals surface area contributed by atoms with E-state index < -0.39 is 0 Å². The number of hydrogen-bond donors (Lipinski definition) is 1. The number of H-pyrrole nitrogens is 1. The molecule has 1 aliphatic carbocycles. The van der Waals surface area contributed by atoms with Crippen LogP contribution in [0.1, 0.15) is 54.7 Å². The van der Waals surface area contributed by atoms with Crippen LogP contribution in [0.5, 0.6) is 0 Å². The third kappa shape index (κ3) is 4.39. The minimum atomic E-state index is -0.372. The van der Waals surface area contributed by atoms with Crippen molar-refractivity contribution in [2.75, 3.05) is 13.6 Å².